The predicted octanol–water partition coefficient (Wildman–Crippen LogP) is 3.15. The smallest absolute Gasteiger partial charge is 0.337 e. The van der Waals surface area contributed by atoms with E-state index in [1.165, 1.54) is 49.7 Å². The second-order valence-corrected chi connectivity index (χ2v) is 5.72. The molecule has 0 aliphatic rings. The van der Waals surface area contributed by atoms with E-state index in [4.69, 9.17) is 10.00 Å². The van der Waals surface area contributed by atoms with E-state index in [1.54, 1.807) is 19.0 Å². The monoisotopic (exact) mass is 368 g/mol. The van der Waals surface area contributed by atoms with Crippen molar-refractivity contribution in [3.8, 4) is 11.8 Å². The Kier molecular flexibility index (Phi) is 6.28. The number of ether oxygens (including phenoxy) is 2. The van der Waals surface area contributed by atoms with E-state index in [1.807, 2.05) is 6.07 Å². The van der Waals surface area contributed by atoms with Gasteiger partial charge < -0.3 is 14.4 Å². The van der Waals surface area contributed by atoms with Crippen LogP contribution in [0.3, 0.4) is 0 Å². The summed E-state index contributed by atoms with van der Waals surface area (Å²) in [4.78, 5) is 26.1. The van der Waals surface area contributed by atoms with Crippen LogP contribution in [0.15, 0.2) is 54.4 Å². The number of carbonyl (C=O) groups excluding carboxylic acids is 2. The van der Waals surface area contributed by atoms with Crippen molar-refractivity contribution in [2.45, 2.75) is 0 Å². The zero-order valence-corrected chi connectivity index (χ0v) is 15.0. The van der Waals surface area contributed by atoms with E-state index in [9.17, 15) is 14.0 Å². The molecule has 27 heavy (non-hydrogen) atoms. The summed E-state index contributed by atoms with van der Waals surface area (Å²) in [7, 11) is 4.60. The van der Waals surface area contributed by atoms with Crippen LogP contribution in [0.5, 0.6) is 5.75 Å². The van der Waals surface area contributed by atoms with E-state index < -0.39 is 17.6 Å². The van der Waals surface area contributed by atoms with Crippen LogP contribution in [0.4, 0.5) is 4.39 Å². The number of Topliss-reactive ketones (excluding diaryl/α,β-unsaturated/α-hetero) is 1. The molecule has 0 aliphatic carbocycles. The molecule has 0 saturated heterocycles. The van der Waals surface area contributed by atoms with Crippen molar-refractivity contribution < 1.29 is 23.5 Å². The summed E-state index contributed by atoms with van der Waals surface area (Å²) in [5.74, 6) is -2.24. The van der Waals surface area contributed by atoms with Crippen molar-refractivity contribution in [3.05, 3.63) is 76.9 Å². The lowest BCUT2D eigenvalue weighted by Crippen LogP contribution is -2.15. The summed E-state index contributed by atoms with van der Waals surface area (Å²) in [5, 5.41) is 8.81. The fourth-order valence-corrected chi connectivity index (χ4v) is 2.18. The van der Waals surface area contributed by atoms with Crippen LogP contribution >= 0.6 is 0 Å². The Labute approximate surface area is 156 Å². The Morgan fingerprint density at radius 1 is 1.15 bits per heavy atom. The van der Waals surface area contributed by atoms with Gasteiger partial charge >= 0.3 is 5.97 Å². The molecule has 0 N–H and O–H groups in total. The summed E-state index contributed by atoms with van der Waals surface area (Å²) in [6, 6.07) is 11.4. The quantitative estimate of drug-likeness (QED) is 0.337. The van der Waals surface area contributed by atoms with Crippen molar-refractivity contribution in [3.63, 3.8) is 0 Å². The number of methoxy groups -OCH3 is 1. The van der Waals surface area contributed by atoms with Gasteiger partial charge in [-0.25, -0.2) is 9.18 Å². The SMILES string of the molecule is COC(=O)c1cccc(C(=O)/C(=C/N(C)C)Oc2ccc(C#N)cc2F)c1. The molecule has 2 rings (SSSR count). The number of ketones is 1. The fraction of sp³-hybridized carbons (Fsp3) is 0.150. The van der Waals surface area contributed by atoms with Crippen LogP contribution in [0.2, 0.25) is 0 Å². The average molecular weight is 368 g/mol. The molecule has 0 aromatic heterocycles. The number of hydrogen-bond acceptors (Lipinski definition) is 6. The number of benzene rings is 2. The van der Waals surface area contributed by atoms with Crippen molar-refractivity contribution in [1.29, 1.82) is 5.26 Å². The third-order valence-electron chi connectivity index (χ3n) is 3.43. The highest BCUT2D eigenvalue weighted by Gasteiger charge is 2.19. The number of allylic oxidation sites excluding steroid dienone is 1. The number of esters is 1. The maximum Gasteiger partial charge on any atom is 0.337 e. The van der Waals surface area contributed by atoms with Gasteiger partial charge in [-0.2, -0.15) is 5.26 Å². The van der Waals surface area contributed by atoms with Crippen molar-refractivity contribution >= 4 is 11.8 Å². The molecule has 0 aliphatic heterocycles. The van der Waals surface area contributed by atoms with Crippen molar-refractivity contribution in [2.75, 3.05) is 21.2 Å². The van der Waals surface area contributed by atoms with Gasteiger partial charge in [0.25, 0.3) is 0 Å². The molecule has 2 aromatic carbocycles. The Morgan fingerprint density at radius 3 is 2.44 bits per heavy atom. The standard InChI is InChI=1S/C20H17FN2O4/c1-23(2)12-18(27-17-8-7-13(11-22)9-16(17)21)19(24)14-5-4-6-15(10-14)20(25)26-3/h4-10,12H,1-3H3/b18-12-. The van der Waals surface area contributed by atoms with Gasteiger partial charge in [0, 0.05) is 25.9 Å². The van der Waals surface area contributed by atoms with Gasteiger partial charge in [0.15, 0.2) is 17.3 Å². The minimum atomic E-state index is -0.769. The number of halogens is 1. The predicted molar refractivity (Wildman–Crippen MR) is 95.6 cm³/mol. The lowest BCUT2D eigenvalue weighted by atomic mass is 10.1. The summed E-state index contributed by atoms with van der Waals surface area (Å²) in [5.41, 5.74) is 0.521. The maximum atomic E-state index is 14.1. The summed E-state index contributed by atoms with van der Waals surface area (Å²) < 4.78 is 24.2. The molecule has 2 aromatic rings. The van der Waals surface area contributed by atoms with Crippen LogP contribution in [0.1, 0.15) is 26.3 Å². The van der Waals surface area contributed by atoms with Crippen LogP contribution in [0.25, 0.3) is 0 Å². The molecule has 0 amide bonds. The highest BCUT2D eigenvalue weighted by Crippen LogP contribution is 2.22. The second kappa shape index (κ2) is 8.63. The minimum absolute atomic E-state index is 0.134. The zero-order chi connectivity index (χ0) is 20.0. The molecule has 0 bridgehead atoms. The highest BCUT2D eigenvalue weighted by molar-refractivity contribution is 6.08. The minimum Gasteiger partial charge on any atom is -0.465 e. The van der Waals surface area contributed by atoms with E-state index in [0.717, 1.165) is 6.07 Å². The molecule has 0 unspecified atom stereocenters. The first-order valence-corrected chi connectivity index (χ1v) is 7.84. The van der Waals surface area contributed by atoms with Gasteiger partial charge in [0.05, 0.1) is 24.3 Å². The first kappa shape index (κ1) is 19.7. The maximum absolute atomic E-state index is 14.1. The van der Waals surface area contributed by atoms with Crippen LogP contribution in [-0.4, -0.2) is 37.9 Å². The number of nitriles is 1. The van der Waals surface area contributed by atoms with Crippen LogP contribution < -0.4 is 4.74 Å². The number of hydrogen-bond donors (Lipinski definition) is 0. The highest BCUT2D eigenvalue weighted by atomic mass is 19.1. The number of nitrogens with zero attached hydrogens (tertiary/aromatic N) is 2. The van der Waals surface area contributed by atoms with E-state index >= 15 is 0 Å². The Hall–Kier alpha value is -3.66. The number of carbonyl (C=O) groups is 2. The topological polar surface area (TPSA) is 79.6 Å². The second-order valence-electron chi connectivity index (χ2n) is 5.72. The van der Waals surface area contributed by atoms with E-state index in [-0.39, 0.29) is 28.2 Å². The van der Waals surface area contributed by atoms with Gasteiger partial charge in [-0.3, -0.25) is 4.79 Å². The lowest BCUT2D eigenvalue weighted by molar-refractivity contribution is 0.0600. The van der Waals surface area contributed by atoms with E-state index in [2.05, 4.69) is 4.74 Å². The fourth-order valence-electron chi connectivity index (χ4n) is 2.18. The van der Waals surface area contributed by atoms with Crippen molar-refractivity contribution in [1.82, 2.24) is 4.90 Å². The summed E-state index contributed by atoms with van der Waals surface area (Å²) in [6.07, 6.45) is 1.39. The molecule has 138 valence electrons. The molecule has 0 saturated carbocycles. The van der Waals surface area contributed by atoms with Gasteiger partial charge in [-0.05, 0) is 30.3 Å². The van der Waals surface area contributed by atoms with E-state index in [0.29, 0.717) is 0 Å². The first-order chi connectivity index (χ1) is 12.8. The third-order valence-corrected chi connectivity index (χ3v) is 3.43. The van der Waals surface area contributed by atoms with Crippen LogP contribution in [0, 0.1) is 17.1 Å². The molecule has 7 heteroatoms. The van der Waals surface area contributed by atoms with Crippen LogP contribution in [-0.2, 0) is 4.74 Å². The molecule has 0 radical (unpaired) electrons. The number of rotatable bonds is 6. The Balaban J connectivity index is 2.39. The molecular weight excluding hydrogens is 351 g/mol. The van der Waals surface area contributed by atoms with Gasteiger partial charge in [-0.1, -0.05) is 12.1 Å². The Bertz CT molecular complexity index is 945. The molecule has 0 spiro atoms. The largest absolute Gasteiger partial charge is 0.465 e. The summed E-state index contributed by atoms with van der Waals surface area (Å²) >= 11 is 0. The molecule has 6 nitrogen and oxygen atoms in total. The third kappa shape index (κ3) is 4.92. The van der Waals surface area contributed by atoms with Gasteiger partial charge in [-0.15, -0.1) is 0 Å². The normalized spacial score (nSPS) is 10.7. The first-order valence-electron chi connectivity index (χ1n) is 7.84. The molecule has 0 heterocycles. The van der Waals surface area contributed by atoms with Gasteiger partial charge in [0.1, 0.15) is 0 Å². The Morgan fingerprint density at radius 2 is 1.85 bits per heavy atom. The van der Waals surface area contributed by atoms with Gasteiger partial charge in [0.2, 0.25) is 5.78 Å². The average Bonchev–Trinajstić information content (AvgIpc) is 2.67. The molecular formula is C20H17FN2O4. The molecule has 0 fully saturated rings. The lowest BCUT2D eigenvalue weighted by Gasteiger charge is -2.14. The van der Waals surface area contributed by atoms with Crippen molar-refractivity contribution in [2.24, 2.45) is 0 Å². The zero-order valence-electron chi connectivity index (χ0n) is 15.0. The molecule has 0 atom stereocenters. The summed E-state index contributed by atoms with van der Waals surface area (Å²) in [6.45, 7) is 0.